The van der Waals surface area contributed by atoms with Crippen molar-refractivity contribution in [3.8, 4) is 10.6 Å². The zero-order valence-electron chi connectivity index (χ0n) is 13.9. The smallest absolute Gasteiger partial charge is 0.351 e. The Balaban J connectivity index is 1.94. The Morgan fingerprint density at radius 1 is 1.15 bits per heavy atom. The third kappa shape index (κ3) is 3.98. The van der Waals surface area contributed by atoms with Crippen LogP contribution < -0.4 is 4.72 Å². The fraction of sp³-hybridized carbons (Fsp3) is 0.188. The van der Waals surface area contributed by atoms with E-state index in [2.05, 4.69) is 14.4 Å². The molecule has 2 aromatic heterocycles. The van der Waals surface area contributed by atoms with Gasteiger partial charge in [0.1, 0.15) is 16.4 Å². The second-order valence-electron chi connectivity index (χ2n) is 5.67. The van der Waals surface area contributed by atoms with Crippen molar-refractivity contribution in [2.24, 2.45) is 0 Å². The molecule has 1 N–H and O–H groups in total. The quantitative estimate of drug-likeness (QED) is 0.605. The Labute approximate surface area is 155 Å². The SMILES string of the molecule is Cc1cc(F)ccc1NS(=O)(=O)c1cc(-c2cc(C(F)(F)F)on2)sc1C. The maximum absolute atomic E-state index is 13.2. The first kappa shape index (κ1) is 19.4. The molecule has 0 amide bonds. The number of alkyl halides is 3. The van der Waals surface area contributed by atoms with Crippen LogP contribution in [0.15, 0.2) is 39.8 Å². The van der Waals surface area contributed by atoms with Crippen molar-refractivity contribution in [2.45, 2.75) is 24.9 Å². The lowest BCUT2D eigenvalue weighted by Crippen LogP contribution is -2.14. The average Bonchev–Trinajstić information content (AvgIpc) is 3.16. The van der Waals surface area contributed by atoms with E-state index in [4.69, 9.17) is 0 Å². The lowest BCUT2D eigenvalue weighted by Gasteiger charge is -2.10. The first-order valence-corrected chi connectivity index (χ1v) is 9.71. The summed E-state index contributed by atoms with van der Waals surface area (Å²) in [5.74, 6) is -1.77. The summed E-state index contributed by atoms with van der Waals surface area (Å²) in [7, 11) is -4.03. The maximum atomic E-state index is 13.2. The highest BCUT2D eigenvalue weighted by atomic mass is 32.2. The van der Waals surface area contributed by atoms with Gasteiger partial charge in [0.25, 0.3) is 10.0 Å². The fourth-order valence-corrected chi connectivity index (χ4v) is 5.00. The molecule has 11 heteroatoms. The van der Waals surface area contributed by atoms with Gasteiger partial charge in [0, 0.05) is 10.9 Å². The number of nitrogens with one attached hydrogen (secondary N) is 1. The molecular weight excluding hydrogens is 408 g/mol. The molecule has 3 aromatic rings. The Morgan fingerprint density at radius 3 is 2.44 bits per heavy atom. The van der Waals surface area contributed by atoms with Crippen molar-refractivity contribution in [1.29, 1.82) is 0 Å². The Hall–Kier alpha value is -2.40. The van der Waals surface area contributed by atoms with Crippen LogP contribution >= 0.6 is 11.3 Å². The molecule has 0 aliphatic rings. The van der Waals surface area contributed by atoms with Crippen molar-refractivity contribution in [2.75, 3.05) is 4.72 Å². The number of halogens is 4. The van der Waals surface area contributed by atoms with Crippen LogP contribution in [0.5, 0.6) is 0 Å². The zero-order valence-corrected chi connectivity index (χ0v) is 15.5. The highest BCUT2D eigenvalue weighted by molar-refractivity contribution is 7.93. The minimum absolute atomic E-state index is 0.109. The van der Waals surface area contributed by atoms with Gasteiger partial charge in [-0.2, -0.15) is 13.2 Å². The van der Waals surface area contributed by atoms with Crippen molar-refractivity contribution >= 4 is 27.0 Å². The molecule has 0 atom stereocenters. The number of nitrogens with zero attached hydrogens (tertiary/aromatic N) is 1. The van der Waals surface area contributed by atoms with Crippen LogP contribution in [0.3, 0.4) is 0 Å². The van der Waals surface area contributed by atoms with E-state index in [1.165, 1.54) is 25.1 Å². The summed E-state index contributed by atoms with van der Waals surface area (Å²) in [6.07, 6.45) is -4.69. The van der Waals surface area contributed by atoms with Crippen LogP contribution in [0, 0.1) is 19.7 Å². The number of thiophene rings is 1. The summed E-state index contributed by atoms with van der Waals surface area (Å²) in [4.78, 5) is 0.458. The number of sulfonamides is 1. The number of benzene rings is 1. The van der Waals surface area contributed by atoms with Crippen LogP contribution in [0.4, 0.5) is 23.2 Å². The van der Waals surface area contributed by atoms with Crippen LogP contribution in [0.2, 0.25) is 0 Å². The van der Waals surface area contributed by atoms with Crippen molar-refractivity contribution in [1.82, 2.24) is 5.16 Å². The predicted octanol–water partition coefficient (Wildman–Crippen LogP) is 4.98. The third-order valence-electron chi connectivity index (χ3n) is 3.64. The summed E-state index contributed by atoms with van der Waals surface area (Å²) in [5, 5.41) is 3.36. The molecule has 0 unspecified atom stereocenters. The molecule has 1 aromatic carbocycles. The van der Waals surface area contributed by atoms with E-state index in [0.717, 1.165) is 17.4 Å². The maximum Gasteiger partial charge on any atom is 0.452 e. The summed E-state index contributed by atoms with van der Waals surface area (Å²) >= 11 is 0.966. The van der Waals surface area contributed by atoms with Crippen LogP contribution in [-0.4, -0.2) is 13.6 Å². The molecular formula is C16H12F4N2O3S2. The van der Waals surface area contributed by atoms with Crippen molar-refractivity contribution < 1.29 is 30.5 Å². The van der Waals surface area contributed by atoms with Gasteiger partial charge in [0.05, 0.1) is 10.6 Å². The number of rotatable bonds is 4. The molecule has 3 rings (SSSR count). The van der Waals surface area contributed by atoms with E-state index in [-0.39, 0.29) is 21.2 Å². The first-order valence-electron chi connectivity index (χ1n) is 7.41. The summed E-state index contributed by atoms with van der Waals surface area (Å²) in [6, 6.07) is 5.51. The van der Waals surface area contributed by atoms with Crippen molar-refractivity contribution in [3.63, 3.8) is 0 Å². The molecule has 0 saturated carbocycles. The van der Waals surface area contributed by atoms with Gasteiger partial charge in [0.2, 0.25) is 5.76 Å². The van der Waals surface area contributed by atoms with Gasteiger partial charge < -0.3 is 4.52 Å². The number of hydrogen-bond donors (Lipinski definition) is 1. The van der Waals surface area contributed by atoms with Gasteiger partial charge in [-0.25, -0.2) is 12.8 Å². The summed E-state index contributed by atoms with van der Waals surface area (Å²) in [6.45, 7) is 3.06. The molecule has 0 bridgehead atoms. The molecule has 0 aliphatic carbocycles. The Morgan fingerprint density at radius 2 is 1.85 bits per heavy atom. The lowest BCUT2D eigenvalue weighted by atomic mass is 10.2. The van der Waals surface area contributed by atoms with E-state index in [0.29, 0.717) is 16.5 Å². The molecule has 0 fully saturated rings. The minimum atomic E-state index is -4.69. The van der Waals surface area contributed by atoms with E-state index in [1.54, 1.807) is 6.92 Å². The fourth-order valence-electron chi connectivity index (χ4n) is 2.32. The Bertz CT molecular complexity index is 1100. The zero-order chi connectivity index (χ0) is 20.0. The topological polar surface area (TPSA) is 72.2 Å². The lowest BCUT2D eigenvalue weighted by molar-refractivity contribution is -0.155. The normalized spacial score (nSPS) is 12.4. The number of aromatic nitrogens is 1. The summed E-state index contributed by atoms with van der Waals surface area (Å²) in [5.41, 5.74) is 0.470. The summed E-state index contributed by atoms with van der Waals surface area (Å²) < 4.78 is 83.0. The molecule has 2 heterocycles. The predicted molar refractivity (Wildman–Crippen MR) is 91.5 cm³/mol. The Kier molecular flexibility index (Phi) is 4.76. The average molecular weight is 420 g/mol. The highest BCUT2D eigenvalue weighted by Gasteiger charge is 2.36. The van der Waals surface area contributed by atoms with Gasteiger partial charge in [-0.15, -0.1) is 11.3 Å². The van der Waals surface area contributed by atoms with E-state index >= 15 is 0 Å². The molecule has 0 spiro atoms. The number of aryl methyl sites for hydroxylation is 2. The molecule has 0 radical (unpaired) electrons. The second kappa shape index (κ2) is 6.64. The molecule has 27 heavy (non-hydrogen) atoms. The molecule has 144 valence electrons. The number of hydrogen-bond acceptors (Lipinski definition) is 5. The van der Waals surface area contributed by atoms with E-state index in [9.17, 15) is 26.0 Å². The molecule has 0 saturated heterocycles. The monoisotopic (exact) mass is 420 g/mol. The van der Waals surface area contributed by atoms with Gasteiger partial charge in [0.15, 0.2) is 0 Å². The van der Waals surface area contributed by atoms with Gasteiger partial charge in [-0.05, 0) is 43.7 Å². The first-order chi connectivity index (χ1) is 12.5. The largest absolute Gasteiger partial charge is 0.452 e. The third-order valence-corrected chi connectivity index (χ3v) is 6.33. The van der Waals surface area contributed by atoms with Crippen LogP contribution in [0.25, 0.3) is 10.6 Å². The highest BCUT2D eigenvalue weighted by Crippen LogP contribution is 2.37. The van der Waals surface area contributed by atoms with Gasteiger partial charge >= 0.3 is 6.18 Å². The molecule has 5 nitrogen and oxygen atoms in total. The van der Waals surface area contributed by atoms with Crippen molar-refractivity contribution in [3.05, 3.63) is 52.3 Å². The number of anilines is 1. The van der Waals surface area contributed by atoms with Gasteiger partial charge in [-0.3, -0.25) is 4.72 Å². The standard InChI is InChI=1S/C16H12F4N2O3S2/c1-8-5-10(17)3-4-11(8)22-27(23,24)14-7-13(26-9(14)2)12-6-15(25-21-12)16(18,19)20/h3-7,22H,1-2H3. The second-order valence-corrected chi connectivity index (χ2v) is 8.58. The van der Waals surface area contributed by atoms with Crippen LogP contribution in [-0.2, 0) is 16.2 Å². The van der Waals surface area contributed by atoms with Gasteiger partial charge in [-0.1, -0.05) is 5.16 Å². The van der Waals surface area contributed by atoms with E-state index in [1.807, 2.05) is 0 Å². The van der Waals surface area contributed by atoms with Crippen LogP contribution in [0.1, 0.15) is 16.2 Å². The van der Waals surface area contributed by atoms with E-state index < -0.39 is 27.8 Å². The minimum Gasteiger partial charge on any atom is -0.351 e. The molecule has 0 aliphatic heterocycles.